The first-order valence-corrected chi connectivity index (χ1v) is 7.72. The van der Waals surface area contributed by atoms with Gasteiger partial charge < -0.3 is 10.6 Å². The quantitative estimate of drug-likeness (QED) is 0.917. The Morgan fingerprint density at radius 1 is 1.40 bits per heavy atom. The number of rotatable bonds is 4. The number of hydrogen-bond donors (Lipinski definition) is 1. The molecule has 1 amide bonds. The number of hydrogen-bond acceptors (Lipinski definition) is 2. The molecule has 1 heterocycles. The van der Waals surface area contributed by atoms with E-state index in [-0.39, 0.29) is 11.9 Å². The molecule has 0 saturated carbocycles. The summed E-state index contributed by atoms with van der Waals surface area (Å²) >= 11 is 0. The SMILES string of the molecule is CCCC(N)C(=O)N1CCC(c2ccccc2)C(C)C1. The van der Waals surface area contributed by atoms with Crippen molar-refractivity contribution < 1.29 is 4.79 Å². The van der Waals surface area contributed by atoms with Crippen LogP contribution in [0.4, 0.5) is 0 Å². The zero-order chi connectivity index (χ0) is 14.5. The molecule has 0 bridgehead atoms. The van der Waals surface area contributed by atoms with Crippen LogP contribution in [0.25, 0.3) is 0 Å². The Morgan fingerprint density at radius 2 is 2.10 bits per heavy atom. The lowest BCUT2D eigenvalue weighted by Crippen LogP contribution is -2.49. The average Bonchev–Trinajstić information content (AvgIpc) is 2.47. The Hall–Kier alpha value is -1.35. The smallest absolute Gasteiger partial charge is 0.239 e. The van der Waals surface area contributed by atoms with Gasteiger partial charge in [0.1, 0.15) is 0 Å². The third-order valence-electron chi connectivity index (χ3n) is 4.36. The molecule has 2 N–H and O–H groups in total. The van der Waals surface area contributed by atoms with E-state index < -0.39 is 0 Å². The highest BCUT2D eigenvalue weighted by atomic mass is 16.2. The second-order valence-electron chi connectivity index (χ2n) is 5.96. The van der Waals surface area contributed by atoms with Gasteiger partial charge in [0.15, 0.2) is 0 Å². The molecule has 1 saturated heterocycles. The van der Waals surface area contributed by atoms with Crippen molar-refractivity contribution in [2.24, 2.45) is 11.7 Å². The normalized spacial score (nSPS) is 24.4. The van der Waals surface area contributed by atoms with E-state index in [1.165, 1.54) is 5.56 Å². The molecule has 1 aromatic rings. The van der Waals surface area contributed by atoms with Crippen molar-refractivity contribution >= 4 is 5.91 Å². The van der Waals surface area contributed by atoms with Crippen molar-refractivity contribution in [3.8, 4) is 0 Å². The number of nitrogens with two attached hydrogens (primary N) is 1. The van der Waals surface area contributed by atoms with E-state index >= 15 is 0 Å². The summed E-state index contributed by atoms with van der Waals surface area (Å²) < 4.78 is 0. The third kappa shape index (κ3) is 3.40. The van der Waals surface area contributed by atoms with Gasteiger partial charge in [-0.1, -0.05) is 50.6 Å². The summed E-state index contributed by atoms with van der Waals surface area (Å²) in [7, 11) is 0. The van der Waals surface area contributed by atoms with Gasteiger partial charge in [-0.05, 0) is 30.2 Å². The first-order valence-electron chi connectivity index (χ1n) is 7.72. The fraction of sp³-hybridized carbons (Fsp3) is 0.588. The maximum atomic E-state index is 12.3. The fourth-order valence-electron chi connectivity index (χ4n) is 3.21. The summed E-state index contributed by atoms with van der Waals surface area (Å²) in [5, 5.41) is 0. The summed E-state index contributed by atoms with van der Waals surface area (Å²) in [5.41, 5.74) is 7.35. The summed E-state index contributed by atoms with van der Waals surface area (Å²) in [4.78, 5) is 14.2. The van der Waals surface area contributed by atoms with E-state index in [1.54, 1.807) is 0 Å². The number of piperidine rings is 1. The van der Waals surface area contributed by atoms with Crippen molar-refractivity contribution in [2.75, 3.05) is 13.1 Å². The minimum atomic E-state index is -0.319. The van der Waals surface area contributed by atoms with Gasteiger partial charge in [-0.15, -0.1) is 0 Å². The summed E-state index contributed by atoms with van der Waals surface area (Å²) in [5.74, 6) is 1.18. The lowest BCUT2D eigenvalue weighted by Gasteiger charge is -2.38. The van der Waals surface area contributed by atoms with Crippen molar-refractivity contribution in [2.45, 2.75) is 45.1 Å². The van der Waals surface area contributed by atoms with Crippen LogP contribution in [-0.4, -0.2) is 29.9 Å². The predicted octanol–water partition coefficient (Wildman–Crippen LogP) is 2.77. The minimum absolute atomic E-state index is 0.130. The van der Waals surface area contributed by atoms with Gasteiger partial charge in [-0.3, -0.25) is 4.79 Å². The Balaban J connectivity index is 1.97. The van der Waals surface area contributed by atoms with Crippen LogP contribution in [0.15, 0.2) is 30.3 Å². The molecular weight excluding hydrogens is 248 g/mol. The van der Waals surface area contributed by atoms with Crippen molar-refractivity contribution in [3.63, 3.8) is 0 Å². The molecule has 2 rings (SSSR count). The topological polar surface area (TPSA) is 46.3 Å². The minimum Gasteiger partial charge on any atom is -0.341 e. The van der Waals surface area contributed by atoms with E-state index in [2.05, 4.69) is 44.2 Å². The van der Waals surface area contributed by atoms with E-state index in [0.29, 0.717) is 11.8 Å². The molecule has 1 aliphatic rings. The number of benzene rings is 1. The number of likely N-dealkylation sites (tertiary alicyclic amines) is 1. The molecule has 1 fully saturated rings. The van der Waals surface area contributed by atoms with Crippen LogP contribution >= 0.6 is 0 Å². The second-order valence-corrected chi connectivity index (χ2v) is 5.96. The Kier molecular flexibility index (Phi) is 5.18. The average molecular weight is 274 g/mol. The van der Waals surface area contributed by atoms with E-state index in [0.717, 1.165) is 32.4 Å². The zero-order valence-electron chi connectivity index (χ0n) is 12.6. The van der Waals surface area contributed by atoms with Crippen molar-refractivity contribution in [3.05, 3.63) is 35.9 Å². The Morgan fingerprint density at radius 3 is 2.70 bits per heavy atom. The predicted molar refractivity (Wildman–Crippen MR) is 82.4 cm³/mol. The number of nitrogens with zero attached hydrogens (tertiary/aromatic N) is 1. The van der Waals surface area contributed by atoms with Gasteiger partial charge in [0.05, 0.1) is 6.04 Å². The molecule has 0 aromatic heterocycles. The van der Waals surface area contributed by atoms with E-state index in [4.69, 9.17) is 5.73 Å². The van der Waals surface area contributed by atoms with Crippen LogP contribution in [0.2, 0.25) is 0 Å². The molecule has 0 aliphatic carbocycles. The lowest BCUT2D eigenvalue weighted by molar-refractivity contribution is -0.134. The summed E-state index contributed by atoms with van der Waals surface area (Å²) in [6.07, 6.45) is 2.78. The molecule has 0 spiro atoms. The van der Waals surface area contributed by atoms with E-state index in [1.807, 2.05) is 4.90 Å². The third-order valence-corrected chi connectivity index (χ3v) is 4.36. The summed E-state index contributed by atoms with van der Waals surface area (Å²) in [6, 6.07) is 10.3. The Labute approximate surface area is 122 Å². The molecule has 110 valence electrons. The van der Waals surface area contributed by atoms with Crippen LogP contribution in [0.1, 0.15) is 44.6 Å². The summed E-state index contributed by atoms with van der Waals surface area (Å²) in [6.45, 7) is 5.97. The fourth-order valence-corrected chi connectivity index (χ4v) is 3.21. The first kappa shape index (κ1) is 15.0. The van der Waals surface area contributed by atoms with Gasteiger partial charge in [-0.2, -0.15) is 0 Å². The Bertz CT molecular complexity index is 432. The van der Waals surface area contributed by atoms with Gasteiger partial charge >= 0.3 is 0 Å². The van der Waals surface area contributed by atoms with Gasteiger partial charge in [0.25, 0.3) is 0 Å². The highest BCUT2D eigenvalue weighted by Crippen LogP contribution is 2.32. The second kappa shape index (κ2) is 6.89. The lowest BCUT2D eigenvalue weighted by atomic mass is 9.81. The van der Waals surface area contributed by atoms with Crippen LogP contribution < -0.4 is 5.73 Å². The van der Waals surface area contributed by atoms with Gasteiger partial charge in [-0.25, -0.2) is 0 Å². The van der Waals surface area contributed by atoms with E-state index in [9.17, 15) is 4.79 Å². The zero-order valence-corrected chi connectivity index (χ0v) is 12.6. The molecule has 3 atom stereocenters. The molecule has 1 aromatic carbocycles. The molecule has 3 heteroatoms. The number of carbonyl (C=O) groups is 1. The number of carbonyl (C=O) groups excluding carboxylic acids is 1. The van der Waals surface area contributed by atoms with Crippen LogP contribution in [0.5, 0.6) is 0 Å². The highest BCUT2D eigenvalue weighted by Gasteiger charge is 2.31. The molecule has 3 unspecified atom stereocenters. The number of amides is 1. The molecule has 3 nitrogen and oxygen atoms in total. The maximum Gasteiger partial charge on any atom is 0.239 e. The largest absolute Gasteiger partial charge is 0.341 e. The molecular formula is C17H26N2O. The highest BCUT2D eigenvalue weighted by molar-refractivity contribution is 5.81. The molecule has 0 radical (unpaired) electrons. The molecule has 20 heavy (non-hydrogen) atoms. The maximum absolute atomic E-state index is 12.3. The standard InChI is InChI=1S/C17H26N2O/c1-3-7-16(18)17(20)19-11-10-15(13(2)12-19)14-8-5-4-6-9-14/h4-6,8-9,13,15-16H,3,7,10-12,18H2,1-2H3. The van der Waals surface area contributed by atoms with Crippen LogP contribution in [0, 0.1) is 5.92 Å². The first-order chi connectivity index (χ1) is 9.63. The monoisotopic (exact) mass is 274 g/mol. The van der Waals surface area contributed by atoms with Gasteiger partial charge in [0.2, 0.25) is 5.91 Å². The van der Waals surface area contributed by atoms with Crippen molar-refractivity contribution in [1.82, 2.24) is 4.90 Å². The van der Waals surface area contributed by atoms with Crippen LogP contribution in [0.3, 0.4) is 0 Å². The molecule has 1 aliphatic heterocycles. The van der Waals surface area contributed by atoms with Crippen molar-refractivity contribution in [1.29, 1.82) is 0 Å². The van der Waals surface area contributed by atoms with Gasteiger partial charge in [0, 0.05) is 13.1 Å². The van der Waals surface area contributed by atoms with Crippen LogP contribution in [-0.2, 0) is 4.79 Å².